The van der Waals surface area contributed by atoms with Crippen molar-refractivity contribution in [2.24, 2.45) is 41.4 Å². The molecule has 7 aliphatic rings. The van der Waals surface area contributed by atoms with Gasteiger partial charge in [-0.05, 0) is 144 Å². The van der Waals surface area contributed by atoms with Crippen molar-refractivity contribution in [2.45, 2.75) is 232 Å². The summed E-state index contributed by atoms with van der Waals surface area (Å²) in [7, 11) is 0. The molecule has 0 bridgehead atoms. The second-order valence-corrected chi connectivity index (χ2v) is 19.5. The summed E-state index contributed by atoms with van der Waals surface area (Å²) in [6.07, 6.45) is 35.6. The zero-order chi connectivity index (χ0) is 54.7. The van der Waals surface area contributed by atoms with Crippen LogP contribution in [0.3, 0.4) is 0 Å². The summed E-state index contributed by atoms with van der Waals surface area (Å²) in [6.45, 7) is 2.67. The first-order valence-corrected chi connectivity index (χ1v) is 26.4. The van der Waals surface area contributed by atoms with Crippen molar-refractivity contribution >= 4 is 53.6 Å². The summed E-state index contributed by atoms with van der Waals surface area (Å²) in [5.41, 5.74) is 5.75. The summed E-state index contributed by atoms with van der Waals surface area (Å²) in [4.78, 5) is 78.9. The fourth-order valence-corrected chi connectivity index (χ4v) is 9.41. The molecule has 455 valence electrons. The van der Waals surface area contributed by atoms with Crippen molar-refractivity contribution in [2.75, 3.05) is 0 Å². The molecular formula is C53H82N3O16Pd5. The zero-order valence-corrected chi connectivity index (χ0v) is 52.4. The molecule has 7 rings (SSSR count). The SMILES string of the molecule is CC(=[N-])OC(C)=[N-].O=C([O-])C1CCCCC1.O=C([O-])C1CCCCC1.O=C([O-])C1CCCCC1.O=C([O-])C1CCCCC1.O=C([O-])C1CCCCC1.O=C([O-])C1CCCCC1.O=C([O-])C1CC[CH-]CC1.[N]=O.[Pd+2].[Pd+2].[Pd+2].[Pd+2].[Pd+2]. The molecule has 1 radical (unpaired) electrons. The molecule has 7 saturated carbocycles. The van der Waals surface area contributed by atoms with Gasteiger partial charge in [-0.25, -0.2) is 0 Å². The second kappa shape index (κ2) is 59.0. The van der Waals surface area contributed by atoms with E-state index >= 15 is 0 Å². The molecule has 7 fully saturated rings. The maximum atomic E-state index is 10.2. The smallest absolute Gasteiger partial charge is 0.775 e. The third-order valence-electron chi connectivity index (χ3n) is 13.7. The number of aliphatic carboxylic acids is 7. The van der Waals surface area contributed by atoms with Gasteiger partial charge in [0.1, 0.15) is 5.59 Å². The monoisotopic (exact) mass is 1550 g/mol. The predicted octanol–water partition coefficient (Wildman–Crippen LogP) is 2.55. The minimum absolute atomic E-state index is 0. The maximum Gasteiger partial charge on any atom is 2.00 e. The van der Waals surface area contributed by atoms with E-state index in [-0.39, 0.29) is 155 Å². The van der Waals surface area contributed by atoms with E-state index in [9.17, 15) is 69.3 Å². The van der Waals surface area contributed by atoms with Crippen molar-refractivity contribution in [3.63, 3.8) is 0 Å². The molecule has 0 N–H and O–H groups in total. The fourth-order valence-electron chi connectivity index (χ4n) is 9.41. The van der Waals surface area contributed by atoms with Crippen molar-refractivity contribution in [3.8, 4) is 0 Å². The van der Waals surface area contributed by atoms with Gasteiger partial charge in [0.2, 0.25) is 0 Å². The number of nitroso groups, excluding NO2 is 1. The molecule has 0 atom stereocenters. The molecule has 19 nitrogen and oxygen atoms in total. The van der Waals surface area contributed by atoms with E-state index < -0.39 is 41.8 Å². The van der Waals surface area contributed by atoms with Gasteiger partial charge < -0.3 is 91.3 Å². The van der Waals surface area contributed by atoms with Crippen LogP contribution in [-0.4, -0.2) is 53.6 Å². The predicted molar refractivity (Wildman–Crippen MR) is 255 cm³/mol. The quantitative estimate of drug-likeness (QED) is 0.153. The van der Waals surface area contributed by atoms with Gasteiger partial charge in [0, 0.05) is 41.8 Å². The second-order valence-electron chi connectivity index (χ2n) is 19.5. The molecule has 0 saturated heterocycles. The number of carbonyl (C=O) groups excluding carboxylic acids is 7. The average Bonchev–Trinajstić information content (AvgIpc) is 3.39. The number of carboxylic acids is 7. The number of carbonyl (C=O) groups is 7. The van der Waals surface area contributed by atoms with Gasteiger partial charge in [-0.1, -0.05) is 128 Å². The Morgan fingerprint density at radius 1 is 0.312 bits per heavy atom. The van der Waals surface area contributed by atoms with E-state index in [2.05, 4.69) is 11.2 Å². The Bertz CT molecular complexity index is 1260. The molecule has 0 amide bonds. The minimum atomic E-state index is -0.872. The van der Waals surface area contributed by atoms with Crippen LogP contribution in [0.2, 0.25) is 0 Å². The first-order valence-electron chi connectivity index (χ1n) is 26.4. The molecule has 7 aliphatic carbocycles. The molecule has 0 aliphatic heterocycles. The molecule has 0 spiro atoms. The van der Waals surface area contributed by atoms with E-state index in [0.717, 1.165) is 180 Å². The Kier molecular flexibility index (Phi) is 68.3. The molecule has 0 aromatic rings. The number of ether oxygens (including phenoxy) is 1. The molecule has 77 heavy (non-hydrogen) atoms. The Morgan fingerprint density at radius 2 is 0.442 bits per heavy atom. The van der Waals surface area contributed by atoms with Gasteiger partial charge in [0.15, 0.2) is 0 Å². The van der Waals surface area contributed by atoms with Crippen molar-refractivity contribution < 1.29 is 176 Å². The topological polar surface area (TPSA) is 374 Å². The van der Waals surface area contributed by atoms with E-state index in [1.807, 2.05) is 0 Å². The normalized spacial score (nSPS) is 18.6. The summed E-state index contributed by atoms with van der Waals surface area (Å²) in [5.74, 6) is -7.50. The van der Waals surface area contributed by atoms with Crippen molar-refractivity contribution in [1.29, 1.82) is 0 Å². The first kappa shape index (κ1) is 89.2. The Morgan fingerprint density at radius 3 is 0.519 bits per heavy atom. The molecule has 0 heterocycles. The van der Waals surface area contributed by atoms with Crippen LogP contribution in [0.15, 0.2) is 0 Å². The molecule has 0 aromatic carbocycles. The van der Waals surface area contributed by atoms with Crippen LogP contribution in [0.5, 0.6) is 0 Å². The standard InChI is InChI=1S/6C7H12O2.C7H11O2.C4H6N2O.NO.5Pd/c7*8-7(9)6-4-2-1-3-5-6;1-3(5)7-4(2)6;1-2;;;;;/h6*6H,1-5H2,(H,8,9);1,6H,2-5H2,(H,8,9);1-2H3;;;;;;/q;;;;;;-1;-2;;5*+2/p-7. The summed E-state index contributed by atoms with van der Waals surface area (Å²) >= 11 is 0. The summed E-state index contributed by atoms with van der Waals surface area (Å²) < 4.78 is 4.19. The van der Waals surface area contributed by atoms with Crippen LogP contribution >= 0.6 is 0 Å². The van der Waals surface area contributed by atoms with Crippen LogP contribution in [0.4, 0.5) is 0 Å². The number of nitrogens with zero attached hydrogens (tertiary/aromatic N) is 3. The van der Waals surface area contributed by atoms with Crippen LogP contribution in [0, 0.1) is 52.8 Å². The van der Waals surface area contributed by atoms with Gasteiger partial charge in [0.05, 0.1) is 0 Å². The van der Waals surface area contributed by atoms with Gasteiger partial charge in [-0.15, -0.1) is 4.91 Å². The zero-order valence-electron chi connectivity index (χ0n) is 44.6. The van der Waals surface area contributed by atoms with Crippen LogP contribution in [-0.2, 0) is 140 Å². The van der Waals surface area contributed by atoms with Crippen LogP contribution < -0.4 is 41.3 Å². The molecule has 24 heteroatoms. The Balaban J connectivity index is -0.000000144. The minimum Gasteiger partial charge on any atom is -0.775 e. The number of rotatable bonds is 7. The Labute approximate surface area is 526 Å². The number of hydrogen-bond acceptors (Lipinski definition) is 16. The van der Waals surface area contributed by atoms with Crippen molar-refractivity contribution in [1.82, 2.24) is 5.59 Å². The summed E-state index contributed by atoms with van der Waals surface area (Å²) in [6, 6.07) is 0. The summed E-state index contributed by atoms with van der Waals surface area (Å²) in [5, 5.41) is 88.2. The Hall–Kier alpha value is -1.66. The number of carboxylic acid groups (broad SMARTS) is 7. The van der Waals surface area contributed by atoms with Crippen molar-refractivity contribution in [3.05, 3.63) is 22.1 Å². The number of hydrogen-bond donors (Lipinski definition) is 0. The molecule has 0 aromatic heterocycles. The van der Waals surface area contributed by atoms with E-state index in [1.54, 1.807) is 0 Å². The van der Waals surface area contributed by atoms with E-state index in [0.29, 0.717) is 0 Å². The van der Waals surface area contributed by atoms with Crippen LogP contribution in [0.25, 0.3) is 10.8 Å². The van der Waals surface area contributed by atoms with Gasteiger partial charge >= 0.3 is 102 Å². The van der Waals surface area contributed by atoms with E-state index in [4.69, 9.17) is 21.3 Å². The van der Waals surface area contributed by atoms with E-state index in [1.165, 1.54) is 52.4 Å². The first-order chi connectivity index (χ1) is 34.3. The molecular weight excluding hydrogens is 1470 g/mol. The largest absolute Gasteiger partial charge is 2.00 e. The van der Waals surface area contributed by atoms with Gasteiger partial charge in [-0.2, -0.15) is 12.8 Å². The average molecular weight is 1550 g/mol. The third-order valence-corrected chi connectivity index (χ3v) is 13.7. The third kappa shape index (κ3) is 52.2. The molecule has 0 unspecified atom stereocenters. The van der Waals surface area contributed by atoms with Gasteiger partial charge in [-0.3, -0.25) is 0 Å². The maximum absolute atomic E-state index is 10.2. The van der Waals surface area contributed by atoms with Gasteiger partial charge in [0.25, 0.3) is 0 Å². The van der Waals surface area contributed by atoms with Crippen LogP contribution in [0.1, 0.15) is 232 Å². The fraction of sp³-hybridized carbons (Fsp3) is 0.811.